The van der Waals surface area contributed by atoms with E-state index in [1.54, 1.807) is 0 Å². The van der Waals surface area contributed by atoms with Crippen LogP contribution in [0.1, 0.15) is 32.6 Å². The van der Waals surface area contributed by atoms with Crippen molar-refractivity contribution in [1.29, 1.82) is 0 Å². The molecular weight excluding hydrogens is 240 g/mol. The quantitative estimate of drug-likeness (QED) is 0.297. The molecular formula is C12H16O6. The normalized spacial score (nSPS) is 11.4. The van der Waals surface area contributed by atoms with E-state index in [4.69, 9.17) is 10.2 Å². The van der Waals surface area contributed by atoms with Crippen molar-refractivity contribution >= 4 is 17.9 Å². The van der Waals surface area contributed by atoms with Gasteiger partial charge in [-0.1, -0.05) is 26.3 Å². The molecule has 0 bridgehead atoms. The van der Waals surface area contributed by atoms with Crippen molar-refractivity contribution in [1.82, 2.24) is 0 Å². The second kappa shape index (κ2) is 8.05. The van der Waals surface area contributed by atoms with Crippen molar-refractivity contribution in [2.75, 3.05) is 0 Å². The van der Waals surface area contributed by atoms with Gasteiger partial charge in [0.25, 0.3) is 0 Å². The molecule has 0 aromatic rings. The van der Waals surface area contributed by atoms with Crippen molar-refractivity contribution < 1.29 is 29.3 Å². The molecule has 0 unspecified atom stereocenters. The average molecular weight is 256 g/mol. The predicted octanol–water partition coefficient (Wildman–Crippen LogP) is 1.72. The van der Waals surface area contributed by atoms with Crippen LogP contribution >= 0.6 is 0 Å². The standard InChI is InChI=1S/C12H16O6/c1-3-5-6-7-8(11(14)15)10(12(16)17)18-9(13)4-2/h4H,2-3,5-7H2,1H3,(H,14,15)(H,16,17)/b10-8+. The summed E-state index contributed by atoms with van der Waals surface area (Å²) in [5.41, 5.74) is -0.411. The minimum Gasteiger partial charge on any atom is -0.478 e. The van der Waals surface area contributed by atoms with Gasteiger partial charge in [-0.25, -0.2) is 14.4 Å². The fourth-order valence-electron chi connectivity index (χ4n) is 1.25. The summed E-state index contributed by atoms with van der Waals surface area (Å²) in [6, 6.07) is 0. The molecule has 0 heterocycles. The number of esters is 1. The Morgan fingerprint density at radius 1 is 1.17 bits per heavy atom. The van der Waals surface area contributed by atoms with Gasteiger partial charge in [0.05, 0.1) is 5.57 Å². The van der Waals surface area contributed by atoms with E-state index in [1.807, 2.05) is 6.92 Å². The molecule has 0 spiro atoms. The van der Waals surface area contributed by atoms with Crippen LogP contribution in [0.15, 0.2) is 24.0 Å². The summed E-state index contributed by atoms with van der Waals surface area (Å²) in [4.78, 5) is 32.8. The monoisotopic (exact) mass is 256 g/mol. The Hall–Kier alpha value is -2.11. The number of hydrogen-bond acceptors (Lipinski definition) is 4. The molecule has 0 radical (unpaired) electrons. The molecule has 0 aromatic carbocycles. The maximum Gasteiger partial charge on any atom is 0.372 e. The van der Waals surface area contributed by atoms with Gasteiger partial charge in [-0.05, 0) is 12.8 Å². The zero-order valence-corrected chi connectivity index (χ0v) is 10.1. The van der Waals surface area contributed by atoms with Crippen LogP contribution in [0.5, 0.6) is 0 Å². The van der Waals surface area contributed by atoms with Gasteiger partial charge in [-0.2, -0.15) is 0 Å². The molecule has 0 aliphatic heterocycles. The van der Waals surface area contributed by atoms with E-state index in [9.17, 15) is 14.4 Å². The van der Waals surface area contributed by atoms with Crippen LogP contribution in [0.2, 0.25) is 0 Å². The Kier molecular flexibility index (Phi) is 7.11. The summed E-state index contributed by atoms with van der Waals surface area (Å²) in [6.07, 6.45) is 2.95. The fourth-order valence-corrected chi connectivity index (χ4v) is 1.25. The van der Waals surface area contributed by atoms with Gasteiger partial charge in [0, 0.05) is 6.08 Å². The Morgan fingerprint density at radius 2 is 1.78 bits per heavy atom. The molecule has 6 heteroatoms. The maximum absolute atomic E-state index is 11.0. The number of hydrogen-bond donors (Lipinski definition) is 2. The first-order valence-electron chi connectivity index (χ1n) is 5.48. The second-order valence-corrected chi connectivity index (χ2v) is 3.50. The van der Waals surface area contributed by atoms with Gasteiger partial charge >= 0.3 is 17.9 Å². The van der Waals surface area contributed by atoms with Crippen LogP contribution < -0.4 is 0 Å². The van der Waals surface area contributed by atoms with Gasteiger partial charge < -0.3 is 14.9 Å². The van der Waals surface area contributed by atoms with Crippen molar-refractivity contribution in [2.45, 2.75) is 32.6 Å². The molecule has 0 amide bonds. The molecule has 0 saturated heterocycles. The zero-order valence-electron chi connectivity index (χ0n) is 10.1. The molecule has 0 aliphatic carbocycles. The van der Waals surface area contributed by atoms with Crippen LogP contribution in [0, 0.1) is 0 Å². The third-order valence-corrected chi connectivity index (χ3v) is 2.13. The third kappa shape index (κ3) is 5.29. The Bertz CT molecular complexity index is 380. The Labute approximate surface area is 105 Å². The van der Waals surface area contributed by atoms with Gasteiger partial charge in [-0.15, -0.1) is 0 Å². The van der Waals surface area contributed by atoms with Gasteiger partial charge in [0.15, 0.2) is 0 Å². The summed E-state index contributed by atoms with van der Waals surface area (Å²) in [5, 5.41) is 17.8. The highest BCUT2D eigenvalue weighted by atomic mass is 16.6. The topological polar surface area (TPSA) is 101 Å². The van der Waals surface area contributed by atoms with E-state index in [0.717, 1.165) is 18.9 Å². The van der Waals surface area contributed by atoms with E-state index in [2.05, 4.69) is 11.3 Å². The molecule has 0 saturated carbocycles. The van der Waals surface area contributed by atoms with Gasteiger partial charge in [0.1, 0.15) is 0 Å². The number of carboxylic acids is 2. The van der Waals surface area contributed by atoms with E-state index < -0.39 is 29.2 Å². The lowest BCUT2D eigenvalue weighted by atomic mass is 10.1. The van der Waals surface area contributed by atoms with E-state index in [0.29, 0.717) is 6.42 Å². The maximum atomic E-state index is 11.0. The molecule has 6 nitrogen and oxygen atoms in total. The summed E-state index contributed by atoms with van der Waals surface area (Å²) >= 11 is 0. The SMILES string of the molecule is C=CC(=O)O/C(C(=O)O)=C(\CCCCC)C(=O)O. The first-order valence-corrected chi connectivity index (χ1v) is 5.48. The highest BCUT2D eigenvalue weighted by Crippen LogP contribution is 2.16. The number of carbonyl (C=O) groups excluding carboxylic acids is 1. The van der Waals surface area contributed by atoms with Crippen LogP contribution in [-0.4, -0.2) is 28.1 Å². The summed E-state index contributed by atoms with van der Waals surface area (Å²) in [5.74, 6) is -4.83. The van der Waals surface area contributed by atoms with E-state index in [1.165, 1.54) is 0 Å². The Balaban J connectivity index is 5.16. The Morgan fingerprint density at radius 3 is 2.17 bits per heavy atom. The van der Waals surface area contributed by atoms with Crippen LogP contribution in [0.4, 0.5) is 0 Å². The van der Waals surface area contributed by atoms with Crippen molar-refractivity contribution in [3.8, 4) is 0 Å². The van der Waals surface area contributed by atoms with Gasteiger partial charge in [-0.3, -0.25) is 0 Å². The number of rotatable bonds is 8. The average Bonchev–Trinajstić information content (AvgIpc) is 2.31. The van der Waals surface area contributed by atoms with Crippen LogP contribution in [0.25, 0.3) is 0 Å². The molecule has 18 heavy (non-hydrogen) atoms. The van der Waals surface area contributed by atoms with E-state index >= 15 is 0 Å². The molecule has 0 fully saturated rings. The molecule has 100 valence electrons. The minimum absolute atomic E-state index is 0.0369. The number of aliphatic carboxylic acids is 2. The van der Waals surface area contributed by atoms with E-state index in [-0.39, 0.29) is 6.42 Å². The van der Waals surface area contributed by atoms with Crippen molar-refractivity contribution in [2.24, 2.45) is 0 Å². The molecule has 0 rings (SSSR count). The highest BCUT2D eigenvalue weighted by molar-refractivity contribution is 5.99. The predicted molar refractivity (Wildman–Crippen MR) is 62.7 cm³/mol. The lowest BCUT2D eigenvalue weighted by molar-refractivity contribution is -0.146. The zero-order chi connectivity index (χ0) is 14.1. The number of carboxylic acid groups (broad SMARTS) is 2. The summed E-state index contributed by atoms with van der Waals surface area (Å²) in [7, 11) is 0. The largest absolute Gasteiger partial charge is 0.478 e. The van der Waals surface area contributed by atoms with Crippen LogP contribution in [-0.2, 0) is 19.1 Å². The summed E-state index contributed by atoms with van der Waals surface area (Å²) < 4.78 is 4.46. The second-order valence-electron chi connectivity index (χ2n) is 3.50. The van der Waals surface area contributed by atoms with Crippen molar-refractivity contribution in [3.63, 3.8) is 0 Å². The van der Waals surface area contributed by atoms with Crippen LogP contribution in [0.3, 0.4) is 0 Å². The first kappa shape index (κ1) is 15.9. The van der Waals surface area contributed by atoms with Gasteiger partial charge in [0.2, 0.25) is 5.76 Å². The number of ether oxygens (including phenoxy) is 1. The minimum atomic E-state index is -1.58. The molecule has 0 aromatic heterocycles. The molecule has 0 atom stereocenters. The van der Waals surface area contributed by atoms with Crippen molar-refractivity contribution in [3.05, 3.63) is 24.0 Å². The molecule has 2 N–H and O–H groups in total. The lowest BCUT2D eigenvalue weighted by Crippen LogP contribution is -2.16. The fraction of sp³-hybridized carbons (Fsp3) is 0.417. The smallest absolute Gasteiger partial charge is 0.372 e. The molecule has 0 aliphatic rings. The first-order chi connectivity index (χ1) is 8.43. The summed E-state index contributed by atoms with van der Waals surface area (Å²) in [6.45, 7) is 5.05. The number of unbranched alkanes of at least 4 members (excludes halogenated alkanes) is 2. The third-order valence-electron chi connectivity index (χ3n) is 2.13. The number of carbonyl (C=O) groups is 3. The highest BCUT2D eigenvalue weighted by Gasteiger charge is 2.23. The lowest BCUT2D eigenvalue weighted by Gasteiger charge is -2.07.